The number of aliphatic imine (C=N–C) groups is 1. The highest BCUT2D eigenvalue weighted by Gasteiger charge is 2.23. The summed E-state index contributed by atoms with van der Waals surface area (Å²) < 4.78 is 1.90. The first kappa shape index (κ1) is 11.3. The number of nitrogens with zero attached hydrogens (tertiary/aromatic N) is 3. The Kier molecular flexibility index (Phi) is 3.36. The number of fused-ring (bicyclic) bond motifs is 1. The van der Waals surface area contributed by atoms with Crippen molar-refractivity contribution < 1.29 is 0 Å². The zero-order valence-electron chi connectivity index (χ0n) is 8.40. The summed E-state index contributed by atoms with van der Waals surface area (Å²) >= 11 is 11.6. The van der Waals surface area contributed by atoms with Gasteiger partial charge in [0.15, 0.2) is 17.3 Å². The number of alkyl halides is 2. The lowest BCUT2D eigenvalue weighted by Gasteiger charge is -2.16. The Morgan fingerprint density at radius 2 is 2.38 bits per heavy atom. The molecular weight excluding hydrogens is 249 g/mol. The minimum atomic E-state index is -0.497. The van der Waals surface area contributed by atoms with E-state index in [4.69, 9.17) is 28.9 Å². The van der Waals surface area contributed by atoms with Crippen LogP contribution in [0.1, 0.15) is 11.2 Å². The summed E-state index contributed by atoms with van der Waals surface area (Å²) in [6.07, 6.45) is 5.51. The van der Waals surface area contributed by atoms with Crippen LogP contribution in [0.3, 0.4) is 0 Å². The Bertz CT molecular complexity index is 437. The first-order valence-electron chi connectivity index (χ1n) is 4.72. The molecule has 0 aliphatic carbocycles. The van der Waals surface area contributed by atoms with Crippen molar-refractivity contribution in [2.24, 2.45) is 10.7 Å². The number of nitrogens with two attached hydrogens (primary N) is 1. The molecule has 0 radical (unpaired) electrons. The van der Waals surface area contributed by atoms with Crippen molar-refractivity contribution in [2.45, 2.75) is 12.0 Å². The van der Waals surface area contributed by atoms with E-state index in [0.717, 1.165) is 5.69 Å². The number of guanidine groups is 1. The lowest BCUT2D eigenvalue weighted by Crippen LogP contribution is -2.27. The molecule has 2 rings (SSSR count). The van der Waals surface area contributed by atoms with Gasteiger partial charge in [0.2, 0.25) is 0 Å². The van der Waals surface area contributed by atoms with Crippen LogP contribution in [0.4, 0.5) is 5.82 Å². The normalized spacial score (nSPS) is 19.4. The van der Waals surface area contributed by atoms with Crippen molar-refractivity contribution in [3.63, 3.8) is 0 Å². The molecule has 1 aliphatic heterocycles. The molecule has 7 heteroatoms. The number of allylic oxidation sites excluding steroid dienone is 2. The summed E-state index contributed by atoms with van der Waals surface area (Å²) in [6.45, 7) is 0.662. The molecule has 0 saturated heterocycles. The van der Waals surface area contributed by atoms with E-state index in [-0.39, 0.29) is 5.96 Å². The summed E-state index contributed by atoms with van der Waals surface area (Å²) in [5, 5.41) is 2.86. The number of imidazole rings is 1. The van der Waals surface area contributed by atoms with Crippen LogP contribution in [0.2, 0.25) is 0 Å². The van der Waals surface area contributed by atoms with E-state index >= 15 is 0 Å². The topological polar surface area (TPSA) is 68.2 Å². The largest absolute Gasteiger partial charge is 0.370 e. The van der Waals surface area contributed by atoms with E-state index in [0.29, 0.717) is 18.2 Å². The number of hydrogen-bond acceptors (Lipinski definition) is 4. The SMILES string of the molecule is NC1=NC(Cl)c2c(ncn2C/C=C\CCl)N1. The van der Waals surface area contributed by atoms with E-state index in [1.54, 1.807) is 6.33 Å². The molecule has 2 heterocycles. The predicted octanol–water partition coefficient (Wildman–Crippen LogP) is 1.66. The van der Waals surface area contributed by atoms with E-state index < -0.39 is 5.50 Å². The maximum atomic E-state index is 6.08. The predicted molar refractivity (Wildman–Crippen MR) is 65.9 cm³/mol. The molecule has 0 amide bonds. The fourth-order valence-electron chi connectivity index (χ4n) is 1.47. The van der Waals surface area contributed by atoms with E-state index in [1.165, 1.54) is 0 Å². The summed E-state index contributed by atoms with van der Waals surface area (Å²) in [6, 6.07) is 0. The zero-order chi connectivity index (χ0) is 11.5. The van der Waals surface area contributed by atoms with Gasteiger partial charge in [-0.2, -0.15) is 0 Å². The standard InChI is InChI=1S/C9H11Cl2N5/c10-3-1-2-4-16-5-13-8-6(16)7(11)14-9(12)15-8/h1-2,5,7H,3-4H2,(H3,12,14,15)/b2-1-. The van der Waals surface area contributed by atoms with Crippen molar-refractivity contribution >= 4 is 35.0 Å². The second-order valence-corrected chi connectivity index (χ2v) is 3.95. The number of hydrogen-bond donors (Lipinski definition) is 2. The van der Waals surface area contributed by atoms with Crippen molar-refractivity contribution in [1.29, 1.82) is 0 Å². The molecule has 5 nitrogen and oxygen atoms in total. The van der Waals surface area contributed by atoms with Crippen molar-refractivity contribution in [3.8, 4) is 0 Å². The van der Waals surface area contributed by atoms with Crippen molar-refractivity contribution in [2.75, 3.05) is 11.2 Å². The van der Waals surface area contributed by atoms with E-state index in [9.17, 15) is 0 Å². The number of halogens is 2. The maximum absolute atomic E-state index is 6.08. The molecule has 0 saturated carbocycles. The third-order valence-corrected chi connectivity index (χ3v) is 2.64. The summed E-state index contributed by atoms with van der Waals surface area (Å²) in [5.41, 5.74) is 5.86. The molecule has 1 atom stereocenters. The summed E-state index contributed by atoms with van der Waals surface area (Å²) in [7, 11) is 0. The van der Waals surface area contributed by atoms with Gasteiger partial charge in [0.1, 0.15) is 5.69 Å². The molecule has 0 aromatic carbocycles. The van der Waals surface area contributed by atoms with Crippen LogP contribution in [0, 0.1) is 0 Å². The molecule has 1 aromatic heterocycles. The summed E-state index contributed by atoms with van der Waals surface area (Å²) in [4.78, 5) is 8.20. The number of aromatic nitrogens is 2. The molecule has 0 bridgehead atoms. The van der Waals surface area contributed by atoms with Gasteiger partial charge in [0.25, 0.3) is 0 Å². The third-order valence-electron chi connectivity index (χ3n) is 2.16. The molecule has 86 valence electrons. The highest BCUT2D eigenvalue weighted by Crippen LogP contribution is 2.31. The average Bonchev–Trinajstić information content (AvgIpc) is 2.62. The fourth-order valence-corrected chi connectivity index (χ4v) is 1.93. The molecule has 16 heavy (non-hydrogen) atoms. The van der Waals surface area contributed by atoms with Crippen molar-refractivity contribution in [1.82, 2.24) is 9.55 Å². The zero-order valence-corrected chi connectivity index (χ0v) is 9.91. The highest BCUT2D eigenvalue weighted by molar-refractivity contribution is 6.22. The van der Waals surface area contributed by atoms with Gasteiger partial charge in [0.05, 0.1) is 6.33 Å². The number of rotatable bonds is 3. The Hall–Kier alpha value is -1.20. The molecule has 1 aliphatic rings. The van der Waals surface area contributed by atoms with Gasteiger partial charge in [-0.3, -0.25) is 0 Å². The van der Waals surface area contributed by atoms with Crippen LogP contribution >= 0.6 is 23.2 Å². The maximum Gasteiger partial charge on any atom is 0.196 e. The second-order valence-electron chi connectivity index (χ2n) is 3.23. The van der Waals surface area contributed by atoms with Crippen molar-refractivity contribution in [3.05, 3.63) is 24.2 Å². The Labute approximate surface area is 103 Å². The van der Waals surface area contributed by atoms with Gasteiger partial charge in [-0.1, -0.05) is 23.8 Å². The first-order valence-corrected chi connectivity index (χ1v) is 5.70. The van der Waals surface area contributed by atoms with Crippen LogP contribution in [-0.2, 0) is 6.54 Å². The Balaban J connectivity index is 2.23. The Morgan fingerprint density at radius 1 is 1.56 bits per heavy atom. The second kappa shape index (κ2) is 4.76. The quantitative estimate of drug-likeness (QED) is 0.493. The lowest BCUT2D eigenvalue weighted by molar-refractivity contribution is 0.743. The monoisotopic (exact) mass is 259 g/mol. The minimum Gasteiger partial charge on any atom is -0.370 e. The average molecular weight is 260 g/mol. The van der Waals surface area contributed by atoms with Gasteiger partial charge in [-0.05, 0) is 0 Å². The number of nitrogens with one attached hydrogen (secondary N) is 1. The van der Waals surface area contributed by atoms with Crippen LogP contribution in [0.5, 0.6) is 0 Å². The van der Waals surface area contributed by atoms with Crippen LogP contribution in [0.25, 0.3) is 0 Å². The molecule has 0 spiro atoms. The van der Waals surface area contributed by atoms with E-state index in [1.807, 2.05) is 16.7 Å². The number of anilines is 1. The fraction of sp³-hybridized carbons (Fsp3) is 0.333. The van der Waals surface area contributed by atoms with Gasteiger partial charge in [-0.15, -0.1) is 11.6 Å². The highest BCUT2D eigenvalue weighted by atomic mass is 35.5. The first-order chi connectivity index (χ1) is 7.72. The lowest BCUT2D eigenvalue weighted by atomic mass is 10.3. The van der Waals surface area contributed by atoms with Gasteiger partial charge < -0.3 is 15.6 Å². The minimum absolute atomic E-state index is 0.286. The Morgan fingerprint density at radius 3 is 3.12 bits per heavy atom. The molecular formula is C9H11Cl2N5. The molecule has 1 unspecified atom stereocenters. The van der Waals surface area contributed by atoms with Gasteiger partial charge >= 0.3 is 0 Å². The van der Waals surface area contributed by atoms with Crippen LogP contribution in [0.15, 0.2) is 23.5 Å². The third kappa shape index (κ3) is 2.15. The summed E-state index contributed by atoms with van der Waals surface area (Å²) in [5.74, 6) is 1.44. The van der Waals surface area contributed by atoms with Crippen LogP contribution < -0.4 is 11.1 Å². The molecule has 3 N–H and O–H groups in total. The molecule has 0 fully saturated rings. The van der Waals surface area contributed by atoms with E-state index in [2.05, 4.69) is 15.3 Å². The van der Waals surface area contributed by atoms with Crippen LogP contribution in [-0.4, -0.2) is 21.4 Å². The van der Waals surface area contributed by atoms with Gasteiger partial charge in [-0.25, -0.2) is 9.98 Å². The molecule has 1 aromatic rings. The van der Waals surface area contributed by atoms with Gasteiger partial charge in [0, 0.05) is 12.4 Å². The smallest absolute Gasteiger partial charge is 0.196 e.